The molecule has 0 aromatic carbocycles. The van der Waals surface area contributed by atoms with E-state index >= 15 is 0 Å². The smallest absolute Gasteiger partial charge is 0.0600 e. The highest BCUT2D eigenvalue weighted by Crippen LogP contribution is 2.36. The summed E-state index contributed by atoms with van der Waals surface area (Å²) >= 11 is 0. The molecule has 1 heterocycles. The zero-order valence-corrected chi connectivity index (χ0v) is 10.5. The van der Waals surface area contributed by atoms with E-state index in [1.807, 2.05) is 0 Å². The van der Waals surface area contributed by atoms with E-state index in [4.69, 9.17) is 4.74 Å². The van der Waals surface area contributed by atoms with Crippen LogP contribution in [0.2, 0.25) is 0 Å². The number of hydrogen-bond donors (Lipinski definition) is 1. The fourth-order valence-corrected chi connectivity index (χ4v) is 3.52. The second-order valence-corrected chi connectivity index (χ2v) is 5.55. The number of hydrogen-bond acceptors (Lipinski definition) is 2. The van der Waals surface area contributed by atoms with Crippen LogP contribution in [0, 0.1) is 11.8 Å². The summed E-state index contributed by atoms with van der Waals surface area (Å²) in [4.78, 5) is 0. The van der Waals surface area contributed by atoms with E-state index in [1.54, 1.807) is 0 Å². The largest absolute Gasteiger partial charge is 0.393 e. The number of aliphatic hydroxyl groups excluding tert-OH is 1. The first-order valence-corrected chi connectivity index (χ1v) is 7.11. The average molecular weight is 226 g/mol. The van der Waals surface area contributed by atoms with E-state index in [-0.39, 0.29) is 6.10 Å². The molecule has 2 aliphatic rings. The standard InChI is InChI=1S/C14H26O2/c1-2-11-6-3-4-8-13(11)14(15)10-12-7-5-9-16-12/h11-15H,2-10H2,1H3. The normalized spacial score (nSPS) is 37.5. The number of aliphatic hydroxyl groups is 1. The summed E-state index contributed by atoms with van der Waals surface area (Å²) in [6, 6.07) is 0. The molecule has 94 valence electrons. The predicted molar refractivity (Wildman–Crippen MR) is 65.3 cm³/mol. The van der Waals surface area contributed by atoms with Crippen LogP contribution in [0.4, 0.5) is 0 Å². The van der Waals surface area contributed by atoms with E-state index in [2.05, 4.69) is 6.92 Å². The van der Waals surface area contributed by atoms with Crippen molar-refractivity contribution in [3.05, 3.63) is 0 Å². The van der Waals surface area contributed by atoms with E-state index < -0.39 is 0 Å². The summed E-state index contributed by atoms with van der Waals surface area (Å²) in [7, 11) is 0. The molecule has 0 amide bonds. The lowest BCUT2D eigenvalue weighted by Crippen LogP contribution is -2.33. The molecule has 0 radical (unpaired) electrons. The third-order valence-corrected chi connectivity index (χ3v) is 4.51. The average Bonchev–Trinajstić information content (AvgIpc) is 2.81. The molecule has 2 rings (SSSR count). The van der Waals surface area contributed by atoms with Gasteiger partial charge in [-0.3, -0.25) is 0 Å². The van der Waals surface area contributed by atoms with Crippen LogP contribution in [0.25, 0.3) is 0 Å². The summed E-state index contributed by atoms with van der Waals surface area (Å²) in [5, 5.41) is 10.4. The maximum absolute atomic E-state index is 10.4. The Balaban J connectivity index is 1.83. The zero-order valence-electron chi connectivity index (χ0n) is 10.5. The lowest BCUT2D eigenvalue weighted by Gasteiger charge is -2.35. The monoisotopic (exact) mass is 226 g/mol. The minimum Gasteiger partial charge on any atom is -0.393 e. The molecule has 4 atom stereocenters. The first-order valence-electron chi connectivity index (χ1n) is 7.11. The Hall–Kier alpha value is -0.0800. The Bertz CT molecular complexity index is 199. The van der Waals surface area contributed by atoms with Gasteiger partial charge in [-0.2, -0.15) is 0 Å². The van der Waals surface area contributed by atoms with Gasteiger partial charge >= 0.3 is 0 Å². The van der Waals surface area contributed by atoms with Gasteiger partial charge < -0.3 is 9.84 Å². The van der Waals surface area contributed by atoms with E-state index in [0.717, 1.165) is 25.4 Å². The van der Waals surface area contributed by atoms with Crippen LogP contribution in [0.15, 0.2) is 0 Å². The number of rotatable bonds is 4. The highest BCUT2D eigenvalue weighted by atomic mass is 16.5. The Morgan fingerprint density at radius 2 is 2.00 bits per heavy atom. The third-order valence-electron chi connectivity index (χ3n) is 4.51. The van der Waals surface area contributed by atoms with Gasteiger partial charge in [0, 0.05) is 6.61 Å². The first-order chi connectivity index (χ1) is 7.81. The van der Waals surface area contributed by atoms with E-state index in [0.29, 0.717) is 12.0 Å². The summed E-state index contributed by atoms with van der Waals surface area (Å²) in [5.41, 5.74) is 0. The number of ether oxygens (including phenoxy) is 1. The van der Waals surface area contributed by atoms with Gasteiger partial charge in [0.1, 0.15) is 0 Å². The molecule has 0 aromatic rings. The molecule has 16 heavy (non-hydrogen) atoms. The highest BCUT2D eigenvalue weighted by Gasteiger charge is 2.31. The van der Waals surface area contributed by atoms with Crippen LogP contribution in [0.3, 0.4) is 0 Å². The SMILES string of the molecule is CCC1CCCCC1C(O)CC1CCCO1. The molecule has 2 nitrogen and oxygen atoms in total. The van der Waals surface area contributed by atoms with Crippen LogP contribution in [-0.4, -0.2) is 23.9 Å². The maximum atomic E-state index is 10.4. The van der Waals surface area contributed by atoms with Crippen molar-refractivity contribution in [1.29, 1.82) is 0 Å². The van der Waals surface area contributed by atoms with Gasteiger partial charge in [0.25, 0.3) is 0 Å². The van der Waals surface area contributed by atoms with Crippen molar-refractivity contribution >= 4 is 0 Å². The van der Waals surface area contributed by atoms with Crippen molar-refractivity contribution < 1.29 is 9.84 Å². The van der Waals surface area contributed by atoms with Crippen molar-refractivity contribution in [2.24, 2.45) is 11.8 Å². The van der Waals surface area contributed by atoms with Gasteiger partial charge in [-0.05, 0) is 37.5 Å². The van der Waals surface area contributed by atoms with Gasteiger partial charge in [0.2, 0.25) is 0 Å². The summed E-state index contributed by atoms with van der Waals surface area (Å²) < 4.78 is 5.62. The predicted octanol–water partition coefficient (Wildman–Crippen LogP) is 3.13. The quantitative estimate of drug-likeness (QED) is 0.798. The van der Waals surface area contributed by atoms with Gasteiger partial charge in [0.15, 0.2) is 0 Å². The van der Waals surface area contributed by atoms with Crippen LogP contribution in [0.1, 0.15) is 58.3 Å². The molecule has 1 saturated heterocycles. The molecule has 1 N–H and O–H groups in total. The molecule has 1 aliphatic carbocycles. The second-order valence-electron chi connectivity index (χ2n) is 5.55. The van der Waals surface area contributed by atoms with Crippen LogP contribution in [0.5, 0.6) is 0 Å². The van der Waals surface area contributed by atoms with Crippen molar-refractivity contribution in [2.45, 2.75) is 70.5 Å². The highest BCUT2D eigenvalue weighted by molar-refractivity contribution is 4.82. The molecule has 0 bridgehead atoms. The summed E-state index contributed by atoms with van der Waals surface area (Å²) in [6.45, 7) is 3.17. The van der Waals surface area contributed by atoms with Crippen molar-refractivity contribution in [1.82, 2.24) is 0 Å². The van der Waals surface area contributed by atoms with Crippen LogP contribution in [-0.2, 0) is 4.74 Å². The van der Waals surface area contributed by atoms with Crippen molar-refractivity contribution in [2.75, 3.05) is 6.61 Å². The van der Waals surface area contributed by atoms with Gasteiger partial charge in [0.05, 0.1) is 12.2 Å². The summed E-state index contributed by atoms with van der Waals surface area (Å²) in [6.07, 6.45) is 9.89. The van der Waals surface area contributed by atoms with Crippen molar-refractivity contribution in [3.8, 4) is 0 Å². The Morgan fingerprint density at radius 1 is 1.19 bits per heavy atom. The lowest BCUT2D eigenvalue weighted by molar-refractivity contribution is -0.00217. The molecule has 0 aromatic heterocycles. The second kappa shape index (κ2) is 6.02. The molecule has 0 spiro atoms. The van der Waals surface area contributed by atoms with E-state index in [9.17, 15) is 5.11 Å². The molecule has 1 aliphatic heterocycles. The molecule has 1 saturated carbocycles. The molecular formula is C14H26O2. The molecule has 2 heteroatoms. The molecule has 2 fully saturated rings. The van der Waals surface area contributed by atoms with E-state index in [1.165, 1.54) is 38.5 Å². The Morgan fingerprint density at radius 3 is 2.69 bits per heavy atom. The Labute approximate surface area is 99.4 Å². The van der Waals surface area contributed by atoms with Crippen LogP contribution < -0.4 is 0 Å². The topological polar surface area (TPSA) is 29.5 Å². The fourth-order valence-electron chi connectivity index (χ4n) is 3.52. The minimum absolute atomic E-state index is 0.117. The lowest BCUT2D eigenvalue weighted by atomic mass is 9.74. The minimum atomic E-state index is -0.117. The van der Waals surface area contributed by atoms with Gasteiger partial charge in [-0.25, -0.2) is 0 Å². The van der Waals surface area contributed by atoms with Gasteiger partial charge in [-0.15, -0.1) is 0 Å². The molecule has 4 unspecified atom stereocenters. The third kappa shape index (κ3) is 2.98. The first kappa shape index (κ1) is 12.4. The van der Waals surface area contributed by atoms with Gasteiger partial charge in [-0.1, -0.05) is 32.6 Å². The molecular weight excluding hydrogens is 200 g/mol. The Kier molecular flexibility index (Phi) is 4.66. The van der Waals surface area contributed by atoms with Crippen molar-refractivity contribution in [3.63, 3.8) is 0 Å². The fraction of sp³-hybridized carbons (Fsp3) is 1.00. The zero-order chi connectivity index (χ0) is 11.4. The van der Waals surface area contributed by atoms with Crippen LogP contribution >= 0.6 is 0 Å². The summed E-state index contributed by atoms with van der Waals surface area (Å²) in [5.74, 6) is 1.30. The maximum Gasteiger partial charge on any atom is 0.0600 e.